The molecule has 14 rings (SSSR count). The molecule has 6 aliphatic rings. The molecule has 2 unspecified atom stereocenters. The van der Waals surface area contributed by atoms with Crippen LogP contribution in [-0.2, 0) is 36.8 Å². The number of aromatic nitrogens is 2. The van der Waals surface area contributed by atoms with E-state index in [4.69, 9.17) is 22.2 Å². The average Bonchev–Trinajstić information content (AvgIpc) is 1.59. The van der Waals surface area contributed by atoms with Gasteiger partial charge in [0.2, 0.25) is 23.6 Å². The van der Waals surface area contributed by atoms with E-state index >= 15 is 8.78 Å². The molecule has 2 aromatic heterocycles. The van der Waals surface area contributed by atoms with Crippen molar-refractivity contribution in [1.29, 1.82) is 0 Å². The minimum Gasteiger partial charge on any atom is -0.383 e. The van der Waals surface area contributed by atoms with E-state index in [0.29, 0.717) is 43.7 Å². The second kappa shape index (κ2) is 27.8. The fourth-order valence-corrected chi connectivity index (χ4v) is 14.3. The number of amides is 7. The summed E-state index contributed by atoms with van der Waals surface area (Å²) in [6.07, 6.45) is 6.86. The van der Waals surface area contributed by atoms with E-state index in [1.54, 1.807) is 0 Å². The number of nitrogens with zero attached hydrogens (tertiary/aromatic N) is 8. The van der Waals surface area contributed by atoms with Crippen molar-refractivity contribution in [2.45, 2.75) is 148 Å². The maximum atomic E-state index is 15.2. The zero-order valence-electron chi connectivity index (χ0n) is 57.1. The van der Waals surface area contributed by atoms with Gasteiger partial charge < -0.3 is 44.1 Å². The van der Waals surface area contributed by atoms with Crippen LogP contribution < -0.4 is 31.1 Å². The van der Waals surface area contributed by atoms with Crippen LogP contribution >= 0.6 is 0 Å². The third kappa shape index (κ3) is 13.4. The highest BCUT2D eigenvalue weighted by molar-refractivity contribution is 6.24. The molecule has 21 nitrogen and oxygen atoms in total. The molecule has 2 saturated heterocycles. The van der Waals surface area contributed by atoms with Crippen molar-refractivity contribution in [1.82, 2.24) is 30.7 Å². The number of rotatable bonds is 22. The van der Waals surface area contributed by atoms with Crippen molar-refractivity contribution in [3.63, 3.8) is 0 Å². The monoisotopic (exact) mass is 1360 g/mol. The lowest BCUT2D eigenvalue weighted by atomic mass is 10.00. The van der Waals surface area contributed by atoms with Crippen LogP contribution in [-0.4, -0.2) is 99.7 Å². The number of benzene rings is 6. The van der Waals surface area contributed by atoms with Crippen LogP contribution in [0.3, 0.4) is 0 Å². The highest BCUT2D eigenvalue weighted by atomic mass is 19.1. The molecule has 2 saturated carbocycles. The molecule has 2 atom stereocenters. The number of anilines is 6. The summed E-state index contributed by atoms with van der Waals surface area (Å²) in [6.45, 7) is 29.5. The Bertz CT molecular complexity index is 4730. The van der Waals surface area contributed by atoms with Crippen molar-refractivity contribution in [2.75, 3.05) is 46.6 Å². The molecule has 6 aromatic carbocycles. The van der Waals surface area contributed by atoms with Crippen LogP contribution in [0, 0.1) is 66.3 Å². The van der Waals surface area contributed by atoms with Gasteiger partial charge in [0, 0.05) is 122 Å². The Morgan fingerprint density at radius 1 is 0.545 bits per heavy atom. The summed E-state index contributed by atoms with van der Waals surface area (Å²) >= 11 is 0. The molecule has 4 N–H and O–H groups in total. The van der Waals surface area contributed by atoms with E-state index in [1.807, 2.05) is 39.8 Å². The molecular formula is C78H76F2N12O9. The van der Waals surface area contributed by atoms with Gasteiger partial charge in [-0.25, -0.2) is 21.9 Å². The smallest absolute Gasteiger partial charge is 0.262 e. The quantitative estimate of drug-likeness (QED) is 0.0280. The zero-order valence-corrected chi connectivity index (χ0v) is 57.1. The van der Waals surface area contributed by atoms with Gasteiger partial charge in [-0.1, -0.05) is 34.6 Å². The standard InChI is InChI=1S/C39H37FN6O5.C39H39FN6O4/c1-22-7-8-25(35-23(2)44-51-24(35)3)19-33(22)45(27-11-9-26(10-12-27)39(41-4)15-16-39)18-6-5-17-42-31-21-29-28(20-30(31)40)37(49)46(38(29)50)32-13-14-34(47)43-36(32)48;1-23-7-8-26(36-24(2)44-50-25(36)3)20-34(23)45(29-11-9-28(10-12-29)39(41-4)15-16-39)18-6-5-17-42-32-21-30-27(19-31(32)40)22-46(38(30)49)33-13-14-35(47)43-37(33)48/h7-12,19-21,32,42H,5-6,13-18H2,1-3H3,(H,43,47,48);7-12,19-21,33,42H,5-6,13-18,22H2,1-3H3,(H,43,47,48). The molecule has 0 bridgehead atoms. The van der Waals surface area contributed by atoms with Crippen LogP contribution in [0.4, 0.5) is 42.9 Å². The van der Waals surface area contributed by atoms with Gasteiger partial charge >= 0.3 is 0 Å². The predicted molar refractivity (Wildman–Crippen MR) is 375 cm³/mol. The molecule has 8 aromatic rings. The van der Waals surface area contributed by atoms with Gasteiger partial charge in [0.15, 0.2) is 0 Å². The highest BCUT2D eigenvalue weighted by Gasteiger charge is 2.53. The van der Waals surface area contributed by atoms with Crippen LogP contribution in [0.25, 0.3) is 31.9 Å². The minimum absolute atomic E-state index is 0.00283. The number of piperidine rings is 2. The molecule has 4 fully saturated rings. The number of carbonyl (C=O) groups is 7. The van der Waals surface area contributed by atoms with Gasteiger partial charge in [-0.2, -0.15) is 0 Å². The number of hydrogen-bond donors (Lipinski definition) is 4. The van der Waals surface area contributed by atoms with Crippen molar-refractivity contribution in [2.24, 2.45) is 0 Å². The number of imide groups is 3. The summed E-state index contributed by atoms with van der Waals surface area (Å²) < 4.78 is 41.3. The summed E-state index contributed by atoms with van der Waals surface area (Å²) in [4.78, 5) is 102. The first-order valence-corrected chi connectivity index (χ1v) is 34.2. The average molecular weight is 1360 g/mol. The number of aryl methyl sites for hydroxylation is 6. The molecule has 6 heterocycles. The van der Waals surface area contributed by atoms with Crippen molar-refractivity contribution in [3.8, 4) is 22.3 Å². The van der Waals surface area contributed by atoms with E-state index in [0.717, 1.165) is 146 Å². The largest absolute Gasteiger partial charge is 0.383 e. The van der Waals surface area contributed by atoms with E-state index in [-0.39, 0.29) is 72.1 Å². The molecule has 0 radical (unpaired) electrons. The molecule has 4 aliphatic heterocycles. The Labute approximate surface area is 583 Å². The number of halogens is 2. The summed E-state index contributed by atoms with van der Waals surface area (Å²) in [5, 5.41) is 19.0. The second-order valence-electron chi connectivity index (χ2n) is 27.1. The van der Waals surface area contributed by atoms with Crippen molar-refractivity contribution < 1.29 is 51.4 Å². The SMILES string of the molecule is [C-]#[N+]C1(c2ccc(N(CCCCNc3cc4c(cc3F)C(=O)N(C3CCC(=O)NC3=O)C4=O)c3cc(-c4c(C)noc4C)ccc3C)cc2)CC1.[C-]#[N+]C1(c2ccc(N(CCCCNc3cc4c(cc3F)CN(C3CCC(=O)NC3=O)C4=O)c3cc(-c4c(C)noc4C)ccc3C)cc2)CC1. The highest BCUT2D eigenvalue weighted by Crippen LogP contribution is 2.51. The lowest BCUT2D eigenvalue weighted by molar-refractivity contribution is -0.138. The summed E-state index contributed by atoms with van der Waals surface area (Å²) in [5.41, 5.74) is 14.3. The minimum atomic E-state index is -1.12. The van der Waals surface area contributed by atoms with Gasteiger partial charge in [-0.05, 0) is 193 Å². The molecular weight excluding hydrogens is 1290 g/mol. The van der Waals surface area contributed by atoms with E-state index in [1.165, 1.54) is 23.1 Å². The number of fused-ring (bicyclic) bond motifs is 2. The third-order valence-corrected chi connectivity index (χ3v) is 20.3. The Balaban J connectivity index is 0.000000181. The normalized spacial score (nSPS) is 17.7. The number of unbranched alkanes of at least 4 members (excludes halogenated alkanes) is 2. The maximum Gasteiger partial charge on any atom is 0.262 e. The van der Waals surface area contributed by atoms with E-state index < -0.39 is 58.8 Å². The van der Waals surface area contributed by atoms with Crippen LogP contribution in [0.15, 0.2) is 118 Å². The second-order valence-corrected chi connectivity index (χ2v) is 27.1. The van der Waals surface area contributed by atoms with Gasteiger partial charge in [0.05, 0.1) is 33.9 Å². The Morgan fingerprint density at radius 3 is 1.41 bits per heavy atom. The van der Waals surface area contributed by atoms with E-state index in [9.17, 15) is 33.6 Å². The van der Waals surface area contributed by atoms with Crippen molar-refractivity contribution in [3.05, 3.63) is 211 Å². The first-order chi connectivity index (χ1) is 48.6. The van der Waals surface area contributed by atoms with E-state index in [2.05, 4.69) is 138 Å². The Morgan fingerprint density at radius 2 is 0.980 bits per heavy atom. The number of hydrogen-bond acceptors (Lipinski definition) is 15. The third-order valence-electron chi connectivity index (χ3n) is 20.3. The fraction of sp³-hybridized carbons (Fsp3) is 0.346. The summed E-state index contributed by atoms with van der Waals surface area (Å²) in [7, 11) is 0. The first-order valence-electron chi connectivity index (χ1n) is 34.2. The van der Waals surface area contributed by atoms with Gasteiger partial charge in [0.1, 0.15) is 35.2 Å². The first kappa shape index (κ1) is 68.2. The molecule has 101 heavy (non-hydrogen) atoms. The molecule has 516 valence electrons. The lowest BCUT2D eigenvalue weighted by Crippen LogP contribution is -2.54. The zero-order chi connectivity index (χ0) is 71.2. The molecule has 2 aliphatic carbocycles. The van der Waals surface area contributed by atoms with Crippen LogP contribution in [0.5, 0.6) is 0 Å². The number of nitrogens with one attached hydrogen (secondary N) is 4. The molecule has 7 amide bonds. The maximum absolute atomic E-state index is 15.2. The topological polar surface area (TPSA) is 241 Å². The lowest BCUT2D eigenvalue weighted by Gasteiger charge is -2.29. The summed E-state index contributed by atoms with van der Waals surface area (Å²) in [5.74, 6) is -3.43. The van der Waals surface area contributed by atoms with Gasteiger partial charge in [0.25, 0.3) is 28.8 Å². The van der Waals surface area contributed by atoms with Crippen LogP contribution in [0.1, 0.15) is 159 Å². The Kier molecular flexibility index (Phi) is 18.7. The fourth-order valence-electron chi connectivity index (χ4n) is 14.3. The molecule has 23 heteroatoms. The number of carbonyl (C=O) groups excluding carboxylic acids is 7. The molecule has 0 spiro atoms. The predicted octanol–water partition coefficient (Wildman–Crippen LogP) is 13.9. The van der Waals surface area contributed by atoms with Crippen LogP contribution in [0.2, 0.25) is 0 Å². The van der Waals surface area contributed by atoms with Crippen molar-refractivity contribution >= 4 is 75.5 Å². The summed E-state index contributed by atoms with van der Waals surface area (Å²) in [6, 6.07) is 32.6. The van der Waals surface area contributed by atoms with Gasteiger partial charge in [-0.3, -0.25) is 49.1 Å². The Hall–Kier alpha value is -11.3. The van der Waals surface area contributed by atoms with Gasteiger partial charge in [-0.15, -0.1) is 0 Å².